The lowest BCUT2D eigenvalue weighted by molar-refractivity contribution is -0.111. The first-order chi connectivity index (χ1) is 17.2. The first-order valence-electron chi connectivity index (χ1n) is 10.3. The maximum Gasteiger partial charge on any atom is 0.259 e. The van der Waals surface area contributed by atoms with Crippen LogP contribution in [0.3, 0.4) is 0 Å². The Hall–Kier alpha value is -4.15. The van der Waals surface area contributed by atoms with Gasteiger partial charge in [-0.05, 0) is 24.3 Å². The molecule has 0 saturated carbocycles. The van der Waals surface area contributed by atoms with Gasteiger partial charge in [-0.25, -0.2) is 9.37 Å². The van der Waals surface area contributed by atoms with Crippen LogP contribution in [0.4, 0.5) is 21.7 Å². The second kappa shape index (κ2) is 9.84. The van der Waals surface area contributed by atoms with Crippen LogP contribution in [0.25, 0.3) is 22.2 Å². The monoisotopic (exact) mass is 529 g/mol. The topological polar surface area (TPSA) is 118 Å². The number of hydrogen-bond acceptors (Lipinski definition) is 7. The zero-order chi connectivity index (χ0) is 26.1. The van der Waals surface area contributed by atoms with Gasteiger partial charge >= 0.3 is 0 Å². The van der Waals surface area contributed by atoms with Crippen LogP contribution in [0, 0.1) is 5.82 Å². The number of fused-ring (bicyclic) bond motifs is 1. The van der Waals surface area contributed by atoms with Gasteiger partial charge in [0.25, 0.3) is 5.56 Å². The Morgan fingerprint density at radius 3 is 2.72 bits per heavy atom. The summed E-state index contributed by atoms with van der Waals surface area (Å²) in [5.41, 5.74) is -0.0491. The van der Waals surface area contributed by atoms with Gasteiger partial charge < -0.3 is 20.5 Å². The van der Waals surface area contributed by atoms with Crippen LogP contribution in [-0.4, -0.2) is 32.7 Å². The summed E-state index contributed by atoms with van der Waals surface area (Å²) >= 11 is 12.7. The van der Waals surface area contributed by atoms with E-state index in [-0.39, 0.29) is 55.6 Å². The molecule has 12 heteroatoms. The minimum Gasteiger partial charge on any atom is -0.506 e. The molecule has 0 atom stereocenters. The van der Waals surface area contributed by atoms with Gasteiger partial charge in [-0.1, -0.05) is 35.8 Å². The fourth-order valence-corrected chi connectivity index (χ4v) is 4.15. The molecular formula is C24H18Cl2FN5O4. The maximum absolute atomic E-state index is 14.6. The van der Waals surface area contributed by atoms with E-state index < -0.39 is 17.3 Å². The van der Waals surface area contributed by atoms with E-state index in [2.05, 4.69) is 27.2 Å². The van der Waals surface area contributed by atoms with Crippen LogP contribution in [0.5, 0.6) is 11.5 Å². The third-order valence-corrected chi connectivity index (χ3v) is 6.04. The van der Waals surface area contributed by atoms with Gasteiger partial charge in [0.05, 0.1) is 28.4 Å². The minimum atomic E-state index is -0.660. The number of rotatable bonds is 6. The molecule has 0 aliphatic carbocycles. The van der Waals surface area contributed by atoms with E-state index >= 15 is 0 Å². The normalized spacial score (nSPS) is 10.8. The maximum atomic E-state index is 14.6. The van der Waals surface area contributed by atoms with Gasteiger partial charge in [0.15, 0.2) is 0 Å². The number of nitrogens with one attached hydrogen (secondary N) is 2. The Morgan fingerprint density at radius 1 is 1.28 bits per heavy atom. The van der Waals surface area contributed by atoms with Crippen molar-refractivity contribution in [3.8, 4) is 22.6 Å². The smallest absolute Gasteiger partial charge is 0.259 e. The molecule has 0 spiro atoms. The molecule has 2 aromatic heterocycles. The molecule has 9 nitrogen and oxygen atoms in total. The molecule has 0 radical (unpaired) electrons. The zero-order valence-electron chi connectivity index (χ0n) is 18.9. The van der Waals surface area contributed by atoms with Crippen LogP contribution in [0.1, 0.15) is 0 Å². The number of amides is 1. The minimum absolute atomic E-state index is 0.0282. The van der Waals surface area contributed by atoms with E-state index in [0.29, 0.717) is 5.39 Å². The van der Waals surface area contributed by atoms with Gasteiger partial charge in [0.1, 0.15) is 28.7 Å². The highest BCUT2D eigenvalue weighted by atomic mass is 35.5. The molecule has 0 saturated heterocycles. The SMILES string of the molecule is C=CC(=O)Nc1cccc(F)c1Nc1ncc2cc(-c3c(Cl)c(O)cc(OC)c3Cl)c(=O)n(C)c2n1. The Labute approximate surface area is 213 Å². The van der Waals surface area contributed by atoms with Crippen LogP contribution in [0.2, 0.25) is 10.0 Å². The summed E-state index contributed by atoms with van der Waals surface area (Å²) in [6.45, 7) is 3.38. The number of anilines is 3. The molecule has 4 rings (SSSR count). The molecule has 0 unspecified atom stereocenters. The predicted octanol–water partition coefficient (Wildman–Crippen LogP) is 5.02. The van der Waals surface area contributed by atoms with E-state index in [9.17, 15) is 19.1 Å². The number of pyridine rings is 1. The molecule has 0 bridgehead atoms. The third kappa shape index (κ3) is 4.43. The third-order valence-electron chi connectivity index (χ3n) is 5.28. The Bertz CT molecular complexity index is 1610. The number of phenolic OH excluding ortho intramolecular Hbond substituents is 1. The van der Waals surface area contributed by atoms with Gasteiger partial charge in [-0.2, -0.15) is 4.98 Å². The molecule has 2 aromatic carbocycles. The number of carbonyl (C=O) groups excluding carboxylic acids is 1. The first-order valence-corrected chi connectivity index (χ1v) is 11.0. The summed E-state index contributed by atoms with van der Waals surface area (Å²) in [6, 6.07) is 6.85. The molecular weight excluding hydrogens is 512 g/mol. The van der Waals surface area contributed by atoms with E-state index in [1.54, 1.807) is 0 Å². The molecule has 0 fully saturated rings. The van der Waals surface area contributed by atoms with Crippen molar-refractivity contribution in [3.05, 3.63) is 75.4 Å². The summed E-state index contributed by atoms with van der Waals surface area (Å²) in [5.74, 6) is -1.39. The van der Waals surface area contributed by atoms with Crippen LogP contribution in [0.15, 0.2) is 54.0 Å². The van der Waals surface area contributed by atoms with Crippen molar-refractivity contribution >= 4 is 57.5 Å². The quantitative estimate of drug-likeness (QED) is 0.300. The fourth-order valence-electron chi connectivity index (χ4n) is 3.52. The number of nitrogens with zero attached hydrogens (tertiary/aromatic N) is 3. The lowest BCUT2D eigenvalue weighted by Gasteiger charge is -2.15. The fraction of sp³-hybridized carbons (Fsp3) is 0.0833. The summed E-state index contributed by atoms with van der Waals surface area (Å²) < 4.78 is 21.0. The molecule has 36 heavy (non-hydrogen) atoms. The Balaban J connectivity index is 1.83. The van der Waals surface area contributed by atoms with Gasteiger partial charge in [0.2, 0.25) is 11.9 Å². The highest BCUT2D eigenvalue weighted by Gasteiger charge is 2.22. The molecule has 0 aliphatic rings. The molecule has 4 aromatic rings. The number of aromatic nitrogens is 3. The van der Waals surface area contributed by atoms with Crippen molar-refractivity contribution in [2.24, 2.45) is 7.05 Å². The summed E-state index contributed by atoms with van der Waals surface area (Å²) in [4.78, 5) is 33.5. The van der Waals surface area contributed by atoms with Crippen LogP contribution in [-0.2, 0) is 11.8 Å². The number of benzene rings is 2. The predicted molar refractivity (Wildman–Crippen MR) is 137 cm³/mol. The number of phenols is 1. The van der Waals surface area contributed by atoms with E-state index in [0.717, 1.165) is 6.08 Å². The lowest BCUT2D eigenvalue weighted by atomic mass is 10.0. The average molecular weight is 530 g/mol. The molecule has 0 aliphatic heterocycles. The second-order valence-corrected chi connectivity index (χ2v) is 8.23. The van der Waals surface area contributed by atoms with Crippen LogP contribution >= 0.6 is 23.2 Å². The van der Waals surface area contributed by atoms with Gasteiger partial charge in [-0.3, -0.25) is 14.2 Å². The molecule has 2 heterocycles. The molecule has 1 amide bonds. The summed E-state index contributed by atoms with van der Waals surface area (Å²) in [6.07, 6.45) is 2.47. The first kappa shape index (κ1) is 25.0. The van der Waals surface area contributed by atoms with Crippen molar-refractivity contribution in [3.63, 3.8) is 0 Å². The second-order valence-electron chi connectivity index (χ2n) is 7.48. The van der Waals surface area contributed by atoms with Crippen molar-refractivity contribution in [2.45, 2.75) is 0 Å². The number of methoxy groups -OCH3 is 1. The summed E-state index contributed by atoms with van der Waals surface area (Å²) in [5, 5.41) is 15.8. The van der Waals surface area contributed by atoms with Crippen molar-refractivity contribution in [2.75, 3.05) is 17.7 Å². The standard InChI is InChI=1S/C24H18Cl2FN5O4/c1-4-17(34)29-14-7-5-6-13(27)21(14)30-24-28-10-11-8-12(23(35)32(2)22(11)31-24)18-19(25)15(33)9-16(36-3)20(18)26/h4-10,33H,1H2,2-3H3,(H,29,34)(H,28,30,31). The number of halogens is 3. The van der Waals surface area contributed by atoms with Gasteiger partial charge in [0, 0.05) is 30.3 Å². The van der Waals surface area contributed by atoms with E-state index in [1.807, 2.05) is 0 Å². The number of aryl methyl sites for hydroxylation is 1. The number of para-hydroxylation sites is 1. The highest BCUT2D eigenvalue weighted by molar-refractivity contribution is 6.41. The Morgan fingerprint density at radius 2 is 2.03 bits per heavy atom. The number of carbonyl (C=O) groups is 1. The molecule has 3 N–H and O–H groups in total. The summed E-state index contributed by atoms with van der Waals surface area (Å²) in [7, 11) is 2.84. The van der Waals surface area contributed by atoms with Crippen molar-refractivity contribution in [1.82, 2.24) is 14.5 Å². The lowest BCUT2D eigenvalue weighted by Crippen LogP contribution is -2.20. The van der Waals surface area contributed by atoms with Gasteiger partial charge in [-0.15, -0.1) is 0 Å². The Kier molecular flexibility index (Phi) is 6.82. The van der Waals surface area contributed by atoms with E-state index in [4.69, 9.17) is 27.9 Å². The van der Waals surface area contributed by atoms with E-state index in [1.165, 1.54) is 55.3 Å². The molecule has 184 valence electrons. The average Bonchev–Trinajstić information content (AvgIpc) is 2.86. The van der Waals surface area contributed by atoms with Crippen molar-refractivity contribution in [1.29, 1.82) is 0 Å². The number of ether oxygens (including phenoxy) is 1. The zero-order valence-corrected chi connectivity index (χ0v) is 20.4. The van der Waals surface area contributed by atoms with Crippen molar-refractivity contribution < 1.29 is 19.0 Å². The van der Waals surface area contributed by atoms with Crippen LogP contribution < -0.4 is 20.9 Å². The highest BCUT2D eigenvalue weighted by Crippen LogP contribution is 2.45. The largest absolute Gasteiger partial charge is 0.506 e. The number of hydrogen-bond donors (Lipinski definition) is 3. The number of aromatic hydroxyl groups is 1.